The quantitative estimate of drug-likeness (QED) is 0.535. The lowest BCUT2D eigenvalue weighted by atomic mass is 10.3. The Morgan fingerprint density at radius 1 is 1.24 bits per heavy atom. The molecule has 0 fully saturated rings. The van der Waals surface area contributed by atoms with E-state index in [0.717, 1.165) is 5.56 Å². The van der Waals surface area contributed by atoms with Gasteiger partial charge in [-0.1, -0.05) is 6.07 Å². The zero-order valence-corrected chi connectivity index (χ0v) is 13.7. The number of nitrogens with one attached hydrogen (secondary N) is 1. The molecule has 3 aromatic rings. The van der Waals surface area contributed by atoms with Crippen molar-refractivity contribution < 1.29 is 14.5 Å². The predicted octanol–water partition coefficient (Wildman–Crippen LogP) is 3.88. The van der Waals surface area contributed by atoms with E-state index in [2.05, 4.69) is 10.3 Å². The highest BCUT2D eigenvalue weighted by molar-refractivity contribution is 7.12. The molecule has 0 aliphatic heterocycles. The van der Waals surface area contributed by atoms with E-state index in [1.54, 1.807) is 42.6 Å². The summed E-state index contributed by atoms with van der Waals surface area (Å²) < 4.78 is 5.58. The summed E-state index contributed by atoms with van der Waals surface area (Å²) in [5, 5.41) is 15.2. The highest BCUT2D eigenvalue weighted by Gasteiger charge is 2.11. The molecule has 3 rings (SSSR count). The zero-order valence-electron chi connectivity index (χ0n) is 12.9. The van der Waals surface area contributed by atoms with E-state index in [1.807, 2.05) is 5.38 Å². The Morgan fingerprint density at radius 3 is 2.72 bits per heavy atom. The van der Waals surface area contributed by atoms with E-state index in [4.69, 9.17) is 4.74 Å². The highest BCUT2D eigenvalue weighted by atomic mass is 32.1. The molecule has 8 heteroatoms. The smallest absolute Gasteiger partial charge is 0.269 e. The second kappa shape index (κ2) is 7.54. The van der Waals surface area contributed by atoms with E-state index in [-0.39, 0.29) is 18.2 Å². The number of hydrogen-bond donors (Lipinski definition) is 1. The maximum Gasteiger partial charge on any atom is 0.269 e. The van der Waals surface area contributed by atoms with Crippen molar-refractivity contribution in [1.29, 1.82) is 0 Å². The number of nitro groups is 1. The van der Waals surface area contributed by atoms with Gasteiger partial charge in [0.15, 0.2) is 0 Å². The summed E-state index contributed by atoms with van der Waals surface area (Å²) in [5.74, 6) is 0.783. The first-order valence-corrected chi connectivity index (χ1v) is 8.17. The fourth-order valence-corrected chi connectivity index (χ4v) is 2.81. The number of carbonyl (C=O) groups excluding carboxylic acids is 1. The normalized spacial score (nSPS) is 10.2. The molecule has 0 radical (unpaired) electrons. The highest BCUT2D eigenvalue weighted by Crippen LogP contribution is 2.21. The first-order valence-electron chi connectivity index (χ1n) is 7.29. The molecule has 7 nitrogen and oxygen atoms in total. The average Bonchev–Trinajstić information content (AvgIpc) is 3.10. The van der Waals surface area contributed by atoms with Crippen LogP contribution in [0.3, 0.4) is 0 Å². The van der Waals surface area contributed by atoms with Crippen LogP contribution in [0.5, 0.6) is 5.75 Å². The lowest BCUT2D eigenvalue weighted by Crippen LogP contribution is -2.11. The standard InChI is InChI=1S/C17H13N3O4S/c21-17(19-16-3-1-2-8-18-16)15-9-12(11-25-15)10-24-14-6-4-13(5-7-14)20(22)23/h1-9,11H,10H2,(H,18,19,21). The van der Waals surface area contributed by atoms with Gasteiger partial charge in [0.2, 0.25) is 0 Å². The van der Waals surface area contributed by atoms with Gasteiger partial charge in [-0.25, -0.2) is 4.98 Å². The lowest BCUT2D eigenvalue weighted by molar-refractivity contribution is -0.384. The van der Waals surface area contributed by atoms with Crippen LogP contribution in [0.25, 0.3) is 0 Å². The van der Waals surface area contributed by atoms with Gasteiger partial charge in [-0.2, -0.15) is 0 Å². The largest absolute Gasteiger partial charge is 0.489 e. The van der Waals surface area contributed by atoms with E-state index in [0.29, 0.717) is 16.4 Å². The molecular weight excluding hydrogens is 342 g/mol. The minimum absolute atomic E-state index is 0.0105. The Balaban J connectivity index is 1.58. The number of nitrogens with zero attached hydrogens (tertiary/aromatic N) is 2. The molecule has 0 saturated carbocycles. The fraction of sp³-hybridized carbons (Fsp3) is 0.0588. The molecule has 0 aliphatic carbocycles. The van der Waals surface area contributed by atoms with Crippen molar-refractivity contribution in [3.05, 3.63) is 80.7 Å². The molecule has 1 amide bonds. The van der Waals surface area contributed by atoms with Gasteiger partial charge < -0.3 is 10.1 Å². The number of thiophene rings is 1. The van der Waals surface area contributed by atoms with Crippen LogP contribution in [0, 0.1) is 10.1 Å². The van der Waals surface area contributed by atoms with E-state index in [9.17, 15) is 14.9 Å². The second-order valence-electron chi connectivity index (χ2n) is 5.03. The predicted molar refractivity (Wildman–Crippen MR) is 93.9 cm³/mol. The maximum atomic E-state index is 12.2. The third kappa shape index (κ3) is 4.39. The number of ether oxygens (including phenoxy) is 1. The number of rotatable bonds is 6. The summed E-state index contributed by atoms with van der Waals surface area (Å²) in [6.07, 6.45) is 1.60. The zero-order chi connectivity index (χ0) is 17.6. The van der Waals surface area contributed by atoms with Crippen molar-refractivity contribution in [2.45, 2.75) is 6.61 Å². The van der Waals surface area contributed by atoms with Crippen molar-refractivity contribution in [3.63, 3.8) is 0 Å². The molecule has 1 aromatic carbocycles. The van der Waals surface area contributed by atoms with E-state index >= 15 is 0 Å². The molecule has 2 aromatic heterocycles. The van der Waals surface area contributed by atoms with Gasteiger partial charge in [0.05, 0.1) is 9.80 Å². The summed E-state index contributed by atoms with van der Waals surface area (Å²) >= 11 is 1.31. The third-order valence-corrected chi connectivity index (χ3v) is 4.21. The number of amides is 1. The molecule has 0 saturated heterocycles. The van der Waals surface area contributed by atoms with Crippen LogP contribution in [-0.4, -0.2) is 15.8 Å². The Labute approximate surface area is 147 Å². The van der Waals surface area contributed by atoms with Crippen LogP contribution >= 0.6 is 11.3 Å². The second-order valence-corrected chi connectivity index (χ2v) is 5.94. The average molecular weight is 355 g/mol. The fourth-order valence-electron chi connectivity index (χ4n) is 2.02. The van der Waals surface area contributed by atoms with Crippen LogP contribution in [0.4, 0.5) is 11.5 Å². The Hall–Kier alpha value is -3.26. The van der Waals surface area contributed by atoms with Gasteiger partial charge in [0, 0.05) is 23.9 Å². The van der Waals surface area contributed by atoms with Crippen molar-refractivity contribution in [2.75, 3.05) is 5.32 Å². The van der Waals surface area contributed by atoms with Gasteiger partial charge in [0.25, 0.3) is 11.6 Å². The Morgan fingerprint density at radius 2 is 2.04 bits per heavy atom. The topological polar surface area (TPSA) is 94.4 Å². The number of benzene rings is 1. The summed E-state index contributed by atoms with van der Waals surface area (Å²) in [4.78, 5) is 26.9. The Bertz CT molecular complexity index is 878. The van der Waals surface area contributed by atoms with E-state index < -0.39 is 4.92 Å². The first kappa shape index (κ1) is 16.6. The van der Waals surface area contributed by atoms with Crippen LogP contribution in [0.1, 0.15) is 15.2 Å². The van der Waals surface area contributed by atoms with Crippen molar-refractivity contribution in [3.8, 4) is 5.75 Å². The van der Waals surface area contributed by atoms with Gasteiger partial charge in [-0.3, -0.25) is 14.9 Å². The molecule has 0 unspecified atom stereocenters. The molecule has 2 heterocycles. The SMILES string of the molecule is O=C(Nc1ccccn1)c1cc(COc2ccc([N+](=O)[O-])cc2)cs1. The maximum absolute atomic E-state index is 12.2. The lowest BCUT2D eigenvalue weighted by Gasteiger charge is -2.04. The van der Waals surface area contributed by atoms with Crippen molar-refractivity contribution >= 4 is 28.7 Å². The van der Waals surface area contributed by atoms with Gasteiger partial charge in [-0.15, -0.1) is 11.3 Å². The molecule has 1 N–H and O–H groups in total. The van der Waals surface area contributed by atoms with Crippen LogP contribution in [-0.2, 0) is 6.61 Å². The summed E-state index contributed by atoms with van der Waals surface area (Å²) in [7, 11) is 0. The van der Waals surface area contributed by atoms with Gasteiger partial charge in [-0.05, 0) is 35.7 Å². The molecule has 0 atom stereocenters. The first-order chi connectivity index (χ1) is 12.1. The molecule has 25 heavy (non-hydrogen) atoms. The van der Waals surface area contributed by atoms with Crippen LogP contribution < -0.4 is 10.1 Å². The molecule has 0 spiro atoms. The van der Waals surface area contributed by atoms with Gasteiger partial charge >= 0.3 is 0 Å². The Kier molecular flexibility index (Phi) is 5.00. The molecule has 0 bridgehead atoms. The third-order valence-electron chi connectivity index (χ3n) is 3.24. The number of nitro benzene ring substituents is 1. The summed E-state index contributed by atoms with van der Waals surface area (Å²) in [6, 6.07) is 12.9. The molecule has 126 valence electrons. The molecular formula is C17H13N3O4S. The van der Waals surface area contributed by atoms with E-state index in [1.165, 1.54) is 23.5 Å². The number of anilines is 1. The molecule has 0 aliphatic rings. The number of carbonyl (C=O) groups is 1. The van der Waals surface area contributed by atoms with Gasteiger partial charge in [0.1, 0.15) is 18.2 Å². The number of aromatic nitrogens is 1. The number of non-ortho nitro benzene ring substituents is 1. The summed E-state index contributed by atoms with van der Waals surface area (Å²) in [6.45, 7) is 0.269. The van der Waals surface area contributed by atoms with Crippen LogP contribution in [0.2, 0.25) is 0 Å². The minimum Gasteiger partial charge on any atom is -0.489 e. The minimum atomic E-state index is -0.463. The van der Waals surface area contributed by atoms with Crippen molar-refractivity contribution in [1.82, 2.24) is 4.98 Å². The number of hydrogen-bond acceptors (Lipinski definition) is 6. The number of pyridine rings is 1. The van der Waals surface area contributed by atoms with Crippen LogP contribution in [0.15, 0.2) is 60.1 Å². The van der Waals surface area contributed by atoms with Crippen molar-refractivity contribution in [2.24, 2.45) is 0 Å². The summed E-state index contributed by atoms with van der Waals surface area (Å²) in [5.41, 5.74) is 0.853. The monoisotopic (exact) mass is 355 g/mol.